The van der Waals surface area contributed by atoms with Crippen molar-refractivity contribution in [1.29, 1.82) is 0 Å². The van der Waals surface area contributed by atoms with Crippen molar-refractivity contribution in [3.05, 3.63) is 23.8 Å². The molecule has 0 aliphatic rings. The molecule has 1 aromatic rings. The summed E-state index contributed by atoms with van der Waals surface area (Å²) in [6, 6.07) is 6.42. The number of quaternary nitrogens is 1. The number of benzene rings is 1. The Morgan fingerprint density at radius 2 is 1.60 bits per heavy atom. The fraction of sp³-hybridized carbons (Fsp3) is 0.538. The van der Waals surface area contributed by atoms with Crippen LogP contribution < -0.4 is 10.2 Å². The van der Waals surface area contributed by atoms with Gasteiger partial charge in [0.15, 0.2) is 0 Å². The van der Waals surface area contributed by atoms with Gasteiger partial charge in [0.1, 0.15) is 5.69 Å². The minimum Gasteiger partial charge on any atom is -0.399 e. The van der Waals surface area contributed by atoms with E-state index < -0.39 is 0 Å². The molecule has 0 amide bonds. The summed E-state index contributed by atoms with van der Waals surface area (Å²) in [4.78, 5) is 0. The molecule has 2 N–H and O–H groups in total. The van der Waals surface area contributed by atoms with Crippen LogP contribution in [0.3, 0.4) is 0 Å². The Kier molecular flexibility index (Phi) is 3.75. The molecule has 0 aromatic heterocycles. The van der Waals surface area contributed by atoms with E-state index in [1.807, 2.05) is 6.07 Å². The van der Waals surface area contributed by atoms with Gasteiger partial charge in [-0.3, -0.25) is 4.48 Å². The molecule has 0 atom stereocenters. The Hall–Kier alpha value is -1.02. The highest BCUT2D eigenvalue weighted by Gasteiger charge is 2.24. The van der Waals surface area contributed by atoms with E-state index in [-0.39, 0.29) is 0 Å². The number of aryl methyl sites for hydroxylation is 1. The summed E-state index contributed by atoms with van der Waals surface area (Å²) >= 11 is 0. The molecule has 2 heteroatoms. The Balaban J connectivity index is 3.17. The van der Waals surface area contributed by atoms with E-state index in [1.165, 1.54) is 11.3 Å². The van der Waals surface area contributed by atoms with Gasteiger partial charge in [-0.15, -0.1) is 0 Å². The highest BCUT2D eigenvalue weighted by atomic mass is 15.3. The Morgan fingerprint density at radius 1 is 1.07 bits per heavy atom. The molecule has 0 heterocycles. The second-order valence-electron chi connectivity index (χ2n) is 4.13. The average Bonchev–Trinajstić information content (AvgIpc) is 2.26. The van der Waals surface area contributed by atoms with Gasteiger partial charge in [0.05, 0.1) is 19.6 Å². The van der Waals surface area contributed by atoms with E-state index in [4.69, 9.17) is 5.73 Å². The minimum atomic E-state index is 0.889. The van der Waals surface area contributed by atoms with E-state index in [0.29, 0.717) is 0 Å². The molecule has 15 heavy (non-hydrogen) atoms. The second kappa shape index (κ2) is 4.67. The molecule has 0 saturated carbocycles. The van der Waals surface area contributed by atoms with Crippen LogP contribution in [0, 0.1) is 6.92 Å². The third kappa shape index (κ3) is 2.15. The standard InChI is InChI=1S/C13H23N2/c1-5-15(6-2,7-3)12-8-9-13(14)11(4)10-12/h8-10H,5-7,14H2,1-4H3/q+1. The van der Waals surface area contributed by atoms with E-state index in [2.05, 4.69) is 39.8 Å². The molecule has 0 saturated heterocycles. The fourth-order valence-electron chi connectivity index (χ4n) is 2.17. The number of hydrogen-bond acceptors (Lipinski definition) is 1. The highest BCUT2D eigenvalue weighted by molar-refractivity contribution is 5.56. The summed E-state index contributed by atoms with van der Waals surface area (Å²) < 4.78 is 1.04. The van der Waals surface area contributed by atoms with E-state index >= 15 is 0 Å². The van der Waals surface area contributed by atoms with E-state index in [0.717, 1.165) is 29.8 Å². The van der Waals surface area contributed by atoms with Crippen LogP contribution in [-0.2, 0) is 0 Å². The van der Waals surface area contributed by atoms with Gasteiger partial charge in [-0.1, -0.05) is 0 Å². The largest absolute Gasteiger partial charge is 0.399 e. The lowest BCUT2D eigenvalue weighted by atomic mass is 10.1. The summed E-state index contributed by atoms with van der Waals surface area (Å²) in [6.45, 7) is 12.2. The maximum absolute atomic E-state index is 5.85. The smallest absolute Gasteiger partial charge is 0.133 e. The van der Waals surface area contributed by atoms with Crippen LogP contribution in [0.5, 0.6) is 0 Å². The zero-order chi connectivity index (χ0) is 11.5. The molecular formula is C13H23N2+. The number of hydrogen-bond donors (Lipinski definition) is 1. The summed E-state index contributed by atoms with van der Waals surface area (Å²) in [5, 5.41) is 0. The Bertz CT molecular complexity index is 319. The molecule has 1 rings (SSSR count). The van der Waals surface area contributed by atoms with Crippen molar-refractivity contribution in [2.24, 2.45) is 0 Å². The van der Waals surface area contributed by atoms with Crippen LogP contribution >= 0.6 is 0 Å². The van der Waals surface area contributed by atoms with Gasteiger partial charge < -0.3 is 5.73 Å². The first kappa shape index (κ1) is 12.1. The average molecular weight is 207 g/mol. The van der Waals surface area contributed by atoms with Crippen LogP contribution in [0.25, 0.3) is 0 Å². The fourth-order valence-corrected chi connectivity index (χ4v) is 2.17. The lowest BCUT2D eigenvalue weighted by Crippen LogP contribution is -2.48. The van der Waals surface area contributed by atoms with Crippen molar-refractivity contribution >= 4 is 11.4 Å². The molecule has 0 radical (unpaired) electrons. The third-order valence-electron chi connectivity index (χ3n) is 3.62. The zero-order valence-corrected chi connectivity index (χ0v) is 10.4. The lowest BCUT2D eigenvalue weighted by Gasteiger charge is -2.35. The van der Waals surface area contributed by atoms with Crippen LogP contribution in [0.2, 0.25) is 0 Å². The van der Waals surface area contributed by atoms with Crippen LogP contribution in [0.15, 0.2) is 18.2 Å². The maximum Gasteiger partial charge on any atom is 0.133 e. The zero-order valence-electron chi connectivity index (χ0n) is 10.4. The van der Waals surface area contributed by atoms with E-state index in [9.17, 15) is 0 Å². The number of anilines is 1. The molecule has 0 fully saturated rings. The number of nitrogens with zero attached hydrogens (tertiary/aromatic N) is 1. The summed E-state index contributed by atoms with van der Waals surface area (Å²) in [7, 11) is 0. The van der Waals surface area contributed by atoms with E-state index in [1.54, 1.807) is 0 Å². The predicted molar refractivity (Wildman–Crippen MR) is 69.0 cm³/mol. The molecular weight excluding hydrogens is 184 g/mol. The van der Waals surface area contributed by atoms with Crippen molar-refractivity contribution in [3.63, 3.8) is 0 Å². The first-order chi connectivity index (χ1) is 7.09. The number of nitrogens with two attached hydrogens (primary N) is 1. The first-order valence-corrected chi connectivity index (χ1v) is 5.82. The molecule has 2 nitrogen and oxygen atoms in total. The SMILES string of the molecule is CC[N+](CC)(CC)c1ccc(N)c(C)c1. The van der Waals surface area contributed by atoms with Gasteiger partial charge >= 0.3 is 0 Å². The van der Waals surface area contributed by atoms with Crippen LogP contribution in [0.4, 0.5) is 11.4 Å². The van der Waals surface area contributed by atoms with Crippen LogP contribution in [-0.4, -0.2) is 19.6 Å². The van der Waals surface area contributed by atoms with Crippen molar-refractivity contribution in [3.8, 4) is 0 Å². The van der Waals surface area contributed by atoms with Gasteiger partial charge in [0.2, 0.25) is 0 Å². The first-order valence-electron chi connectivity index (χ1n) is 5.82. The maximum atomic E-state index is 5.85. The van der Waals surface area contributed by atoms with Crippen molar-refractivity contribution in [2.45, 2.75) is 27.7 Å². The summed E-state index contributed by atoms with van der Waals surface area (Å²) in [5.74, 6) is 0. The topological polar surface area (TPSA) is 26.0 Å². The van der Waals surface area contributed by atoms with Gasteiger partial charge in [-0.25, -0.2) is 0 Å². The molecule has 0 aliphatic heterocycles. The molecule has 0 spiro atoms. The molecule has 0 aliphatic carbocycles. The number of nitrogen functional groups attached to an aromatic ring is 1. The van der Waals surface area contributed by atoms with Gasteiger partial charge in [0, 0.05) is 17.8 Å². The normalized spacial score (nSPS) is 11.7. The van der Waals surface area contributed by atoms with Gasteiger partial charge in [-0.2, -0.15) is 0 Å². The molecule has 1 aromatic carbocycles. The van der Waals surface area contributed by atoms with Crippen molar-refractivity contribution in [2.75, 3.05) is 25.4 Å². The predicted octanol–water partition coefficient (Wildman–Crippen LogP) is 2.94. The van der Waals surface area contributed by atoms with Crippen molar-refractivity contribution < 1.29 is 0 Å². The van der Waals surface area contributed by atoms with Crippen LogP contribution in [0.1, 0.15) is 26.3 Å². The Labute approximate surface area is 93.3 Å². The van der Waals surface area contributed by atoms with Crippen molar-refractivity contribution in [1.82, 2.24) is 4.48 Å². The molecule has 84 valence electrons. The summed E-state index contributed by atoms with van der Waals surface area (Å²) in [6.07, 6.45) is 0. The second-order valence-corrected chi connectivity index (χ2v) is 4.13. The lowest BCUT2D eigenvalue weighted by molar-refractivity contribution is 0.316. The molecule has 0 unspecified atom stereocenters. The van der Waals surface area contributed by atoms with Gasteiger partial charge in [-0.05, 0) is 39.3 Å². The highest BCUT2D eigenvalue weighted by Crippen LogP contribution is 2.26. The minimum absolute atomic E-state index is 0.889. The third-order valence-corrected chi connectivity index (χ3v) is 3.62. The summed E-state index contributed by atoms with van der Waals surface area (Å²) in [5.41, 5.74) is 9.31. The monoisotopic (exact) mass is 207 g/mol. The molecule has 0 bridgehead atoms. The van der Waals surface area contributed by atoms with Gasteiger partial charge in [0.25, 0.3) is 0 Å². The number of rotatable bonds is 4. The Morgan fingerprint density at radius 3 is 2.00 bits per heavy atom. The quantitative estimate of drug-likeness (QED) is 0.596.